The molecule has 34 heavy (non-hydrogen) atoms. The van der Waals surface area contributed by atoms with E-state index in [1.807, 2.05) is 6.08 Å². The molecular weight excluding hydrogens is 440 g/mol. The molecule has 4 aliphatic rings. The number of carbonyl (C=O) groups excluding carboxylic acids is 1. The number of anilines is 2. The van der Waals surface area contributed by atoms with Gasteiger partial charge in [-0.2, -0.15) is 0 Å². The van der Waals surface area contributed by atoms with E-state index in [-0.39, 0.29) is 10.8 Å². The van der Waals surface area contributed by atoms with Crippen molar-refractivity contribution in [3.8, 4) is 0 Å². The summed E-state index contributed by atoms with van der Waals surface area (Å²) in [5.41, 5.74) is 3.68. The van der Waals surface area contributed by atoms with E-state index < -0.39 is 5.60 Å². The highest BCUT2D eigenvalue weighted by Crippen LogP contribution is 2.69. The van der Waals surface area contributed by atoms with Gasteiger partial charge in [-0.15, -0.1) is 11.3 Å². The third-order valence-corrected chi connectivity index (χ3v) is 11.1. The van der Waals surface area contributed by atoms with Gasteiger partial charge in [-0.05, 0) is 93.2 Å². The van der Waals surface area contributed by atoms with Gasteiger partial charge in [0.15, 0.2) is 10.9 Å². The lowest BCUT2D eigenvalue weighted by atomic mass is 9.46. The minimum Gasteiger partial charge on any atom is -0.383 e. The van der Waals surface area contributed by atoms with Crippen LogP contribution in [0.1, 0.15) is 76.5 Å². The van der Waals surface area contributed by atoms with E-state index in [1.54, 1.807) is 11.3 Å². The maximum absolute atomic E-state index is 12.2. The zero-order valence-corrected chi connectivity index (χ0v) is 21.4. The predicted molar refractivity (Wildman–Crippen MR) is 137 cm³/mol. The number of hydrogen-bond donors (Lipinski definition) is 2. The summed E-state index contributed by atoms with van der Waals surface area (Å²) in [5, 5.41) is 18.6. The van der Waals surface area contributed by atoms with Gasteiger partial charge in [0.25, 0.3) is 0 Å². The summed E-state index contributed by atoms with van der Waals surface area (Å²) in [6, 6.07) is 8.34. The molecule has 1 aromatic carbocycles. The Kier molecular flexibility index (Phi) is 5.13. The molecule has 0 amide bonds. The Morgan fingerprint density at radius 3 is 2.59 bits per heavy atom. The Bertz CT molecular complexity index is 1150. The monoisotopic (exact) mass is 476 g/mol. The minimum atomic E-state index is -0.869. The topological polar surface area (TPSA) is 62.2 Å². The number of aromatic nitrogens is 1. The van der Waals surface area contributed by atoms with Crippen LogP contribution in [0.2, 0.25) is 0 Å². The van der Waals surface area contributed by atoms with E-state index in [4.69, 9.17) is 4.98 Å². The average molecular weight is 477 g/mol. The molecule has 180 valence electrons. The van der Waals surface area contributed by atoms with Crippen LogP contribution >= 0.6 is 11.3 Å². The van der Waals surface area contributed by atoms with Crippen molar-refractivity contribution in [3.63, 3.8) is 0 Å². The molecule has 3 fully saturated rings. The summed E-state index contributed by atoms with van der Waals surface area (Å²) in [6.07, 6.45) is 9.94. The highest BCUT2D eigenvalue weighted by Gasteiger charge is 2.65. The lowest BCUT2D eigenvalue weighted by Crippen LogP contribution is -2.53. The first-order valence-corrected chi connectivity index (χ1v) is 13.9. The fourth-order valence-electron chi connectivity index (χ4n) is 8.28. The van der Waals surface area contributed by atoms with Crippen LogP contribution in [0.5, 0.6) is 0 Å². The first kappa shape index (κ1) is 22.5. The average Bonchev–Trinajstić information content (AvgIpc) is 3.39. The number of benzene rings is 1. The molecule has 0 aliphatic heterocycles. The van der Waals surface area contributed by atoms with Crippen molar-refractivity contribution < 1.29 is 9.90 Å². The number of allylic oxidation sites excluding steroid dienone is 1. The van der Waals surface area contributed by atoms with Crippen LogP contribution in [0.15, 0.2) is 41.3 Å². The maximum Gasteiger partial charge on any atom is 0.187 e. The van der Waals surface area contributed by atoms with Gasteiger partial charge in [0.05, 0.1) is 5.69 Å². The number of carbonyl (C=O) groups is 1. The standard InChI is InChI=1S/C29H36N2O2S/c1-18-4-7-20(8-5-18)30-26-31-25(17-34-26)29(33)15-12-24-22-9-6-19-16-21(32)10-13-27(19,2)23(22)11-14-28(24,29)3/h4-5,7-8,16-17,22-24,33H,6,9-15H2,1-3H3,(H,30,31)/t22-,23+,24+,27+,28+,29+/m1/s1. The predicted octanol–water partition coefficient (Wildman–Crippen LogP) is 6.91. The number of hydrogen-bond acceptors (Lipinski definition) is 5. The van der Waals surface area contributed by atoms with Gasteiger partial charge < -0.3 is 10.4 Å². The number of thiazole rings is 1. The number of ketones is 1. The van der Waals surface area contributed by atoms with Gasteiger partial charge in [0, 0.05) is 22.9 Å². The van der Waals surface area contributed by atoms with Gasteiger partial charge in [-0.3, -0.25) is 4.79 Å². The number of aliphatic hydroxyl groups is 1. The molecule has 0 unspecified atom stereocenters. The van der Waals surface area contributed by atoms with Crippen LogP contribution in [-0.4, -0.2) is 15.9 Å². The van der Waals surface area contributed by atoms with Crippen LogP contribution in [0.25, 0.3) is 0 Å². The van der Waals surface area contributed by atoms with Crippen molar-refractivity contribution >= 4 is 27.9 Å². The molecule has 0 saturated heterocycles. The van der Waals surface area contributed by atoms with Crippen molar-refractivity contribution in [3.05, 3.63) is 52.6 Å². The largest absolute Gasteiger partial charge is 0.383 e. The van der Waals surface area contributed by atoms with Gasteiger partial charge in [-0.1, -0.05) is 37.1 Å². The summed E-state index contributed by atoms with van der Waals surface area (Å²) >= 11 is 1.59. The van der Waals surface area contributed by atoms with Gasteiger partial charge in [0.2, 0.25) is 0 Å². The maximum atomic E-state index is 12.2. The molecule has 6 atom stereocenters. The molecule has 1 heterocycles. The van der Waals surface area contributed by atoms with Crippen LogP contribution in [0, 0.1) is 35.5 Å². The second kappa shape index (κ2) is 7.76. The van der Waals surface area contributed by atoms with Crippen molar-refractivity contribution in [2.24, 2.45) is 28.6 Å². The molecule has 0 radical (unpaired) electrons. The lowest BCUT2D eigenvalue weighted by molar-refractivity contribution is -0.135. The number of nitrogens with zero attached hydrogens (tertiary/aromatic N) is 1. The molecule has 6 rings (SSSR count). The van der Waals surface area contributed by atoms with Crippen molar-refractivity contribution in [1.29, 1.82) is 0 Å². The van der Waals surface area contributed by atoms with Crippen molar-refractivity contribution in [1.82, 2.24) is 4.98 Å². The van der Waals surface area contributed by atoms with Gasteiger partial charge in [0.1, 0.15) is 5.60 Å². The van der Waals surface area contributed by atoms with E-state index in [2.05, 4.69) is 55.7 Å². The normalized spacial score (nSPS) is 39.1. The lowest BCUT2D eigenvalue weighted by Gasteiger charge is -2.59. The van der Waals surface area contributed by atoms with Gasteiger partial charge in [-0.25, -0.2) is 4.98 Å². The highest BCUT2D eigenvalue weighted by molar-refractivity contribution is 7.13. The zero-order chi connectivity index (χ0) is 23.7. The van der Waals surface area contributed by atoms with E-state index in [1.165, 1.54) is 11.1 Å². The van der Waals surface area contributed by atoms with Crippen LogP contribution in [0.4, 0.5) is 10.8 Å². The molecule has 1 aromatic heterocycles. The van der Waals surface area contributed by atoms with Crippen LogP contribution in [-0.2, 0) is 10.4 Å². The van der Waals surface area contributed by atoms with Gasteiger partial charge >= 0.3 is 0 Å². The van der Waals surface area contributed by atoms with Crippen molar-refractivity contribution in [2.45, 2.75) is 77.7 Å². The van der Waals surface area contributed by atoms with E-state index in [0.29, 0.717) is 30.0 Å². The number of aryl methyl sites for hydroxylation is 1. The molecular formula is C29H36N2O2S. The van der Waals surface area contributed by atoms with E-state index in [9.17, 15) is 9.90 Å². The molecule has 4 aliphatic carbocycles. The minimum absolute atomic E-state index is 0.147. The van der Waals surface area contributed by atoms with Crippen LogP contribution in [0.3, 0.4) is 0 Å². The number of rotatable bonds is 3. The number of fused-ring (bicyclic) bond motifs is 5. The summed E-state index contributed by atoms with van der Waals surface area (Å²) in [4.78, 5) is 17.0. The third kappa shape index (κ3) is 3.19. The Morgan fingerprint density at radius 1 is 1.03 bits per heavy atom. The summed E-state index contributed by atoms with van der Waals surface area (Å²) < 4.78 is 0. The third-order valence-electron chi connectivity index (χ3n) is 10.3. The highest BCUT2D eigenvalue weighted by atomic mass is 32.1. The molecule has 2 N–H and O–H groups in total. The van der Waals surface area contributed by atoms with Crippen LogP contribution < -0.4 is 5.32 Å². The zero-order valence-electron chi connectivity index (χ0n) is 20.6. The van der Waals surface area contributed by atoms with E-state index in [0.717, 1.165) is 61.5 Å². The summed E-state index contributed by atoms with van der Waals surface area (Å²) in [7, 11) is 0. The Labute approximate surface area is 206 Å². The number of nitrogens with one attached hydrogen (secondary N) is 1. The first-order valence-electron chi connectivity index (χ1n) is 13.0. The fraction of sp³-hybridized carbons (Fsp3) is 0.586. The Balaban J connectivity index is 1.27. The molecule has 2 aromatic rings. The molecule has 0 bridgehead atoms. The molecule has 3 saturated carbocycles. The molecule has 4 nitrogen and oxygen atoms in total. The first-order chi connectivity index (χ1) is 16.2. The summed E-state index contributed by atoms with van der Waals surface area (Å²) in [6.45, 7) is 6.85. The van der Waals surface area contributed by atoms with E-state index >= 15 is 0 Å². The smallest absolute Gasteiger partial charge is 0.187 e. The Hall–Kier alpha value is -1.98. The fourth-order valence-corrected chi connectivity index (χ4v) is 9.08. The second-order valence-electron chi connectivity index (χ2n) is 11.9. The Morgan fingerprint density at radius 2 is 1.79 bits per heavy atom. The molecule has 0 spiro atoms. The second-order valence-corrected chi connectivity index (χ2v) is 12.7. The molecule has 5 heteroatoms. The summed E-state index contributed by atoms with van der Waals surface area (Å²) in [5.74, 6) is 2.10. The van der Waals surface area contributed by atoms with Crippen molar-refractivity contribution in [2.75, 3.05) is 5.32 Å². The SMILES string of the molecule is Cc1ccc(Nc2nc([C@@]3(O)CC[C@H]4[C@@H]5CCC6=CC(=O)CC[C@]6(C)[C@H]5CC[C@@]43C)cs2)cc1. The quantitative estimate of drug-likeness (QED) is 0.505.